The summed E-state index contributed by atoms with van der Waals surface area (Å²) < 4.78 is 6.80. The van der Waals surface area contributed by atoms with Gasteiger partial charge in [0.25, 0.3) is 0 Å². The molecule has 0 aliphatic rings. The zero-order chi connectivity index (χ0) is 15.5. The lowest BCUT2D eigenvalue weighted by molar-refractivity contribution is 0.514. The van der Waals surface area contributed by atoms with Crippen LogP contribution in [0.4, 0.5) is 5.69 Å². The van der Waals surface area contributed by atoms with Crippen molar-refractivity contribution >= 4 is 21.6 Å². The van der Waals surface area contributed by atoms with E-state index in [2.05, 4.69) is 44.4 Å². The molecular formula is C17H16BrN3O. The Morgan fingerprint density at radius 1 is 1.05 bits per heavy atom. The van der Waals surface area contributed by atoms with E-state index < -0.39 is 0 Å². The fourth-order valence-electron chi connectivity index (χ4n) is 2.13. The van der Waals surface area contributed by atoms with Crippen LogP contribution in [0.15, 0.2) is 51.4 Å². The van der Waals surface area contributed by atoms with Crippen LogP contribution < -0.4 is 5.32 Å². The topological polar surface area (TPSA) is 51.0 Å². The average molecular weight is 358 g/mol. The van der Waals surface area contributed by atoms with Crippen molar-refractivity contribution in [1.82, 2.24) is 10.2 Å². The number of aryl methyl sites for hydroxylation is 2. The highest BCUT2D eigenvalue weighted by Gasteiger charge is 2.10. The number of halogens is 1. The van der Waals surface area contributed by atoms with Crippen molar-refractivity contribution in [3.8, 4) is 11.5 Å². The van der Waals surface area contributed by atoms with E-state index in [1.54, 1.807) is 0 Å². The summed E-state index contributed by atoms with van der Waals surface area (Å²) in [5, 5.41) is 11.5. The maximum atomic E-state index is 5.73. The van der Waals surface area contributed by atoms with Gasteiger partial charge in [0, 0.05) is 15.7 Å². The fraction of sp³-hybridized carbons (Fsp3) is 0.176. The third-order valence-corrected chi connectivity index (χ3v) is 4.31. The third-order valence-electron chi connectivity index (χ3n) is 3.46. The van der Waals surface area contributed by atoms with E-state index >= 15 is 0 Å². The van der Waals surface area contributed by atoms with Crippen molar-refractivity contribution < 1.29 is 4.42 Å². The first-order valence-corrected chi connectivity index (χ1v) is 7.81. The Kier molecular flexibility index (Phi) is 4.24. The lowest BCUT2D eigenvalue weighted by Gasteiger charge is -2.05. The van der Waals surface area contributed by atoms with E-state index in [0.717, 1.165) is 21.3 Å². The first-order valence-electron chi connectivity index (χ1n) is 7.02. The molecule has 0 radical (unpaired) electrons. The zero-order valence-corrected chi connectivity index (χ0v) is 14.0. The molecule has 112 valence electrons. The van der Waals surface area contributed by atoms with Gasteiger partial charge in [0.1, 0.15) is 0 Å². The maximum Gasteiger partial charge on any atom is 0.248 e. The Bertz CT molecular complexity index is 798. The molecule has 0 bridgehead atoms. The SMILES string of the molecule is Cc1ccc(NCc2nnc(-c3ccccc3C)o2)cc1Br. The van der Waals surface area contributed by atoms with E-state index in [1.807, 2.05) is 43.3 Å². The minimum Gasteiger partial charge on any atom is -0.419 e. The number of hydrogen-bond donors (Lipinski definition) is 1. The number of nitrogens with zero attached hydrogens (tertiary/aromatic N) is 2. The summed E-state index contributed by atoms with van der Waals surface area (Å²) in [6.07, 6.45) is 0. The van der Waals surface area contributed by atoms with Crippen molar-refractivity contribution in [2.75, 3.05) is 5.32 Å². The molecule has 1 heterocycles. The molecule has 0 fully saturated rings. The number of anilines is 1. The molecule has 1 N–H and O–H groups in total. The molecule has 0 amide bonds. The normalized spacial score (nSPS) is 10.7. The standard InChI is InChI=1S/C17H16BrN3O/c1-11-5-3-4-6-14(11)17-21-20-16(22-17)10-19-13-8-7-12(2)15(18)9-13/h3-9,19H,10H2,1-2H3. The first kappa shape index (κ1) is 14.8. The average Bonchev–Trinajstić information content (AvgIpc) is 2.98. The zero-order valence-electron chi connectivity index (χ0n) is 12.4. The first-order chi connectivity index (χ1) is 10.6. The molecule has 0 atom stereocenters. The van der Waals surface area contributed by atoms with Crippen molar-refractivity contribution in [1.29, 1.82) is 0 Å². The van der Waals surface area contributed by atoms with Crippen LogP contribution in [0.1, 0.15) is 17.0 Å². The lowest BCUT2D eigenvalue weighted by atomic mass is 10.1. The summed E-state index contributed by atoms with van der Waals surface area (Å²) in [5.74, 6) is 1.12. The van der Waals surface area contributed by atoms with E-state index in [4.69, 9.17) is 4.42 Å². The molecule has 5 heteroatoms. The van der Waals surface area contributed by atoms with Crippen LogP contribution >= 0.6 is 15.9 Å². The van der Waals surface area contributed by atoms with Gasteiger partial charge in [-0.1, -0.05) is 40.2 Å². The molecule has 2 aromatic carbocycles. The summed E-state index contributed by atoms with van der Waals surface area (Å²) in [7, 11) is 0. The molecule has 0 aliphatic carbocycles. The van der Waals surface area contributed by atoms with Gasteiger partial charge in [-0.05, 0) is 43.2 Å². The maximum absolute atomic E-state index is 5.73. The molecule has 1 aromatic heterocycles. The summed E-state index contributed by atoms with van der Waals surface area (Å²) in [6.45, 7) is 4.58. The van der Waals surface area contributed by atoms with Gasteiger partial charge in [0.05, 0.1) is 6.54 Å². The second kappa shape index (κ2) is 6.32. The van der Waals surface area contributed by atoms with Crippen molar-refractivity contribution in [2.24, 2.45) is 0 Å². The van der Waals surface area contributed by atoms with Gasteiger partial charge >= 0.3 is 0 Å². The molecule has 22 heavy (non-hydrogen) atoms. The molecular weight excluding hydrogens is 342 g/mol. The van der Waals surface area contributed by atoms with Gasteiger partial charge in [-0.25, -0.2) is 0 Å². The largest absolute Gasteiger partial charge is 0.419 e. The molecule has 0 aliphatic heterocycles. The van der Waals surface area contributed by atoms with Gasteiger partial charge in [0.15, 0.2) is 0 Å². The Labute approximate surface area is 137 Å². The van der Waals surface area contributed by atoms with Gasteiger partial charge in [-0.3, -0.25) is 0 Å². The smallest absolute Gasteiger partial charge is 0.248 e. The Hall–Kier alpha value is -2.14. The lowest BCUT2D eigenvalue weighted by Crippen LogP contribution is -1.99. The predicted molar refractivity (Wildman–Crippen MR) is 90.7 cm³/mol. The Balaban J connectivity index is 1.72. The van der Waals surface area contributed by atoms with E-state index in [0.29, 0.717) is 18.3 Å². The molecule has 3 aromatic rings. The number of rotatable bonds is 4. The van der Waals surface area contributed by atoms with Crippen LogP contribution in [-0.2, 0) is 6.54 Å². The van der Waals surface area contributed by atoms with Crippen LogP contribution in [0.25, 0.3) is 11.5 Å². The molecule has 0 spiro atoms. The van der Waals surface area contributed by atoms with Crippen molar-refractivity contribution in [3.05, 3.63) is 64.0 Å². The van der Waals surface area contributed by atoms with Crippen LogP contribution in [0.2, 0.25) is 0 Å². The highest BCUT2D eigenvalue weighted by Crippen LogP contribution is 2.23. The summed E-state index contributed by atoms with van der Waals surface area (Å²) >= 11 is 3.52. The number of nitrogens with one attached hydrogen (secondary N) is 1. The van der Waals surface area contributed by atoms with Crippen LogP contribution in [-0.4, -0.2) is 10.2 Å². The molecule has 3 rings (SSSR count). The number of benzene rings is 2. The second-order valence-corrected chi connectivity index (χ2v) is 5.99. The van der Waals surface area contributed by atoms with Gasteiger partial charge < -0.3 is 9.73 Å². The molecule has 0 saturated carbocycles. The van der Waals surface area contributed by atoms with Crippen LogP contribution in [0, 0.1) is 13.8 Å². The third kappa shape index (κ3) is 3.20. The van der Waals surface area contributed by atoms with Gasteiger partial charge in [-0.15, -0.1) is 10.2 Å². The molecule has 0 unspecified atom stereocenters. The monoisotopic (exact) mass is 357 g/mol. The highest BCUT2D eigenvalue weighted by molar-refractivity contribution is 9.10. The van der Waals surface area contributed by atoms with Crippen molar-refractivity contribution in [2.45, 2.75) is 20.4 Å². The second-order valence-electron chi connectivity index (χ2n) is 5.13. The van der Waals surface area contributed by atoms with Crippen molar-refractivity contribution in [3.63, 3.8) is 0 Å². The van der Waals surface area contributed by atoms with Crippen LogP contribution in [0.5, 0.6) is 0 Å². The van der Waals surface area contributed by atoms with E-state index in [-0.39, 0.29) is 0 Å². The van der Waals surface area contributed by atoms with E-state index in [1.165, 1.54) is 5.56 Å². The quantitative estimate of drug-likeness (QED) is 0.733. The fourth-order valence-corrected chi connectivity index (χ4v) is 2.51. The summed E-state index contributed by atoms with van der Waals surface area (Å²) in [6, 6.07) is 14.1. The van der Waals surface area contributed by atoms with Gasteiger partial charge in [-0.2, -0.15) is 0 Å². The molecule has 4 nitrogen and oxygen atoms in total. The molecule has 0 saturated heterocycles. The van der Waals surface area contributed by atoms with E-state index in [9.17, 15) is 0 Å². The number of hydrogen-bond acceptors (Lipinski definition) is 4. The Morgan fingerprint density at radius 2 is 1.86 bits per heavy atom. The minimum atomic E-state index is 0.494. The van der Waals surface area contributed by atoms with Crippen LogP contribution in [0.3, 0.4) is 0 Å². The van der Waals surface area contributed by atoms with Gasteiger partial charge in [0.2, 0.25) is 11.8 Å². The summed E-state index contributed by atoms with van der Waals surface area (Å²) in [5.41, 5.74) is 4.30. The minimum absolute atomic E-state index is 0.494. The number of aromatic nitrogens is 2. The predicted octanol–water partition coefficient (Wildman–Crippen LogP) is 4.73. The highest BCUT2D eigenvalue weighted by atomic mass is 79.9. The Morgan fingerprint density at radius 3 is 2.64 bits per heavy atom. The summed E-state index contributed by atoms with van der Waals surface area (Å²) in [4.78, 5) is 0.